The van der Waals surface area contributed by atoms with Crippen LogP contribution in [-0.2, 0) is 14.8 Å². The predicted molar refractivity (Wildman–Crippen MR) is 131 cm³/mol. The molecule has 2 aliphatic heterocycles. The van der Waals surface area contributed by atoms with Crippen molar-refractivity contribution in [3.63, 3.8) is 0 Å². The number of nitrogens with one attached hydrogen (secondary N) is 1. The highest BCUT2D eigenvalue weighted by molar-refractivity contribution is 8.00. The summed E-state index contributed by atoms with van der Waals surface area (Å²) >= 11 is 1.49. The number of hydrogen-bond acceptors (Lipinski definition) is 5. The number of rotatable bonds is 7. The Balaban J connectivity index is 1.48. The van der Waals surface area contributed by atoms with E-state index in [0.29, 0.717) is 36.6 Å². The molecule has 1 fully saturated rings. The predicted octanol–water partition coefficient (Wildman–Crippen LogP) is 4.35. The lowest BCUT2D eigenvalue weighted by Crippen LogP contribution is -2.36. The Morgan fingerprint density at radius 3 is 2.48 bits per heavy atom. The van der Waals surface area contributed by atoms with Crippen LogP contribution >= 0.6 is 11.8 Å². The van der Waals surface area contributed by atoms with E-state index in [1.54, 1.807) is 29.2 Å². The molecule has 176 valence electrons. The van der Waals surface area contributed by atoms with Crippen LogP contribution in [0.15, 0.2) is 52.3 Å². The Hall–Kier alpha value is -2.36. The van der Waals surface area contributed by atoms with Crippen LogP contribution in [0.3, 0.4) is 0 Å². The lowest BCUT2D eigenvalue weighted by Gasteiger charge is -2.29. The maximum atomic E-state index is 12.9. The number of piperidine rings is 1. The van der Waals surface area contributed by atoms with Gasteiger partial charge in [-0.05, 0) is 61.7 Å². The number of carbonyl (C=O) groups is 2. The zero-order valence-corrected chi connectivity index (χ0v) is 20.4. The number of carbonyl (C=O) groups excluding carboxylic acids is 2. The maximum Gasteiger partial charge on any atom is 0.255 e. The van der Waals surface area contributed by atoms with E-state index in [1.807, 2.05) is 6.07 Å². The van der Waals surface area contributed by atoms with Gasteiger partial charge in [-0.3, -0.25) is 9.59 Å². The van der Waals surface area contributed by atoms with Gasteiger partial charge in [-0.2, -0.15) is 4.31 Å². The number of amides is 2. The van der Waals surface area contributed by atoms with Crippen molar-refractivity contribution >= 4 is 45.0 Å². The molecule has 2 aromatic carbocycles. The lowest BCUT2D eigenvalue weighted by atomic mass is 10.1. The third-order valence-electron chi connectivity index (χ3n) is 5.96. The Labute approximate surface area is 199 Å². The molecule has 2 aliphatic rings. The minimum atomic E-state index is -3.51. The molecule has 7 nitrogen and oxygen atoms in total. The van der Waals surface area contributed by atoms with Crippen LogP contribution in [0.2, 0.25) is 0 Å². The van der Waals surface area contributed by atoms with Gasteiger partial charge < -0.3 is 10.2 Å². The van der Waals surface area contributed by atoms with Crippen molar-refractivity contribution in [3.05, 3.63) is 48.0 Å². The van der Waals surface area contributed by atoms with Crippen molar-refractivity contribution in [2.24, 2.45) is 0 Å². The molecule has 0 bridgehead atoms. The molecule has 0 radical (unpaired) electrons. The van der Waals surface area contributed by atoms with Gasteiger partial charge in [-0.25, -0.2) is 8.42 Å². The van der Waals surface area contributed by atoms with Gasteiger partial charge in [0.05, 0.1) is 16.3 Å². The van der Waals surface area contributed by atoms with Gasteiger partial charge in [0.2, 0.25) is 15.9 Å². The summed E-state index contributed by atoms with van der Waals surface area (Å²) in [5.41, 5.74) is 1.75. The fraction of sp³-hybridized carbons (Fsp3) is 0.417. The smallest absolute Gasteiger partial charge is 0.255 e. The molecule has 0 spiro atoms. The van der Waals surface area contributed by atoms with Crippen molar-refractivity contribution < 1.29 is 18.0 Å². The van der Waals surface area contributed by atoms with E-state index < -0.39 is 10.0 Å². The van der Waals surface area contributed by atoms with Crippen molar-refractivity contribution in [2.75, 3.05) is 35.6 Å². The van der Waals surface area contributed by atoms with E-state index in [-0.39, 0.29) is 16.7 Å². The first kappa shape index (κ1) is 23.8. The van der Waals surface area contributed by atoms with Gasteiger partial charge in [0, 0.05) is 35.8 Å². The summed E-state index contributed by atoms with van der Waals surface area (Å²) in [6.45, 7) is 3.82. The Morgan fingerprint density at radius 1 is 1.06 bits per heavy atom. The minimum absolute atomic E-state index is 0.0593. The molecule has 9 heteroatoms. The number of unbranched alkanes of at least 4 members (excludes halogenated alkanes) is 1. The zero-order valence-electron chi connectivity index (χ0n) is 18.7. The molecule has 1 N–H and O–H groups in total. The summed E-state index contributed by atoms with van der Waals surface area (Å²) in [5.74, 6) is 0.168. The van der Waals surface area contributed by atoms with E-state index in [1.165, 1.54) is 28.2 Å². The largest absolute Gasteiger partial charge is 0.322 e. The summed E-state index contributed by atoms with van der Waals surface area (Å²) < 4.78 is 27.2. The number of nitrogens with zero attached hydrogens (tertiary/aromatic N) is 2. The molecule has 1 saturated heterocycles. The van der Waals surface area contributed by atoms with Gasteiger partial charge in [0.1, 0.15) is 0 Å². The molecule has 0 aromatic heterocycles. The SMILES string of the molecule is CCCCN1C(=O)CSc2ccc(C(=O)Nc3ccc(S(=O)(=O)N4CCCCC4)cc3)cc21. The first-order valence-electron chi connectivity index (χ1n) is 11.4. The van der Waals surface area contributed by atoms with Gasteiger partial charge in [0.25, 0.3) is 5.91 Å². The van der Waals surface area contributed by atoms with E-state index in [2.05, 4.69) is 12.2 Å². The topological polar surface area (TPSA) is 86.8 Å². The van der Waals surface area contributed by atoms with Crippen molar-refractivity contribution in [3.8, 4) is 0 Å². The van der Waals surface area contributed by atoms with Crippen molar-refractivity contribution in [1.29, 1.82) is 0 Å². The average Bonchev–Trinajstić information content (AvgIpc) is 2.84. The van der Waals surface area contributed by atoms with Crippen LogP contribution in [0.1, 0.15) is 49.4 Å². The van der Waals surface area contributed by atoms with Crippen LogP contribution < -0.4 is 10.2 Å². The summed E-state index contributed by atoms with van der Waals surface area (Å²) in [6.07, 6.45) is 4.71. The number of benzene rings is 2. The van der Waals surface area contributed by atoms with E-state index in [0.717, 1.165) is 42.7 Å². The number of thioether (sulfide) groups is 1. The van der Waals surface area contributed by atoms with Crippen LogP contribution in [0.5, 0.6) is 0 Å². The fourth-order valence-electron chi connectivity index (χ4n) is 4.07. The highest BCUT2D eigenvalue weighted by atomic mass is 32.2. The standard InChI is InChI=1S/C24H29N3O4S2/c1-2-3-15-27-21-16-18(7-12-22(21)32-17-23(27)28)24(29)25-19-8-10-20(11-9-19)33(30,31)26-13-5-4-6-14-26/h7-12,16H,2-6,13-15,17H2,1H3,(H,25,29). The fourth-order valence-corrected chi connectivity index (χ4v) is 6.51. The molecular weight excluding hydrogens is 458 g/mol. The highest BCUT2D eigenvalue weighted by Crippen LogP contribution is 2.36. The monoisotopic (exact) mass is 487 g/mol. The Kier molecular flexibility index (Phi) is 7.41. The molecule has 0 unspecified atom stereocenters. The molecule has 2 amide bonds. The average molecular weight is 488 g/mol. The molecule has 0 aliphatic carbocycles. The van der Waals surface area contributed by atoms with Crippen molar-refractivity contribution in [2.45, 2.75) is 48.8 Å². The van der Waals surface area contributed by atoms with Crippen LogP contribution in [0, 0.1) is 0 Å². The van der Waals surface area contributed by atoms with Crippen LogP contribution in [0.4, 0.5) is 11.4 Å². The number of fused-ring (bicyclic) bond motifs is 1. The molecule has 0 saturated carbocycles. The molecule has 2 aromatic rings. The maximum absolute atomic E-state index is 12.9. The zero-order chi connectivity index (χ0) is 23.4. The molecular formula is C24H29N3O4S2. The Morgan fingerprint density at radius 2 is 1.79 bits per heavy atom. The second kappa shape index (κ2) is 10.3. The van der Waals surface area contributed by atoms with E-state index in [4.69, 9.17) is 0 Å². The third kappa shape index (κ3) is 5.26. The van der Waals surface area contributed by atoms with E-state index in [9.17, 15) is 18.0 Å². The summed E-state index contributed by atoms with van der Waals surface area (Å²) in [6, 6.07) is 11.7. The summed E-state index contributed by atoms with van der Waals surface area (Å²) in [4.78, 5) is 28.3. The van der Waals surface area contributed by atoms with Gasteiger partial charge in [-0.1, -0.05) is 19.8 Å². The summed E-state index contributed by atoms with van der Waals surface area (Å²) in [5, 5.41) is 2.83. The van der Waals surface area contributed by atoms with Crippen molar-refractivity contribution in [1.82, 2.24) is 4.31 Å². The molecule has 33 heavy (non-hydrogen) atoms. The normalized spacial score (nSPS) is 17.0. The van der Waals surface area contributed by atoms with Gasteiger partial charge in [-0.15, -0.1) is 11.8 Å². The molecule has 4 rings (SSSR count). The summed E-state index contributed by atoms with van der Waals surface area (Å²) in [7, 11) is -3.51. The highest BCUT2D eigenvalue weighted by Gasteiger charge is 2.27. The molecule has 2 heterocycles. The first-order chi connectivity index (χ1) is 15.9. The lowest BCUT2D eigenvalue weighted by molar-refractivity contribution is -0.116. The third-order valence-corrected chi connectivity index (χ3v) is 8.92. The van der Waals surface area contributed by atoms with Gasteiger partial charge >= 0.3 is 0 Å². The van der Waals surface area contributed by atoms with E-state index >= 15 is 0 Å². The number of anilines is 2. The number of hydrogen-bond donors (Lipinski definition) is 1. The second-order valence-electron chi connectivity index (χ2n) is 8.31. The Bertz CT molecular complexity index is 1130. The second-order valence-corrected chi connectivity index (χ2v) is 11.3. The molecule has 0 atom stereocenters. The quantitative estimate of drug-likeness (QED) is 0.627. The first-order valence-corrected chi connectivity index (χ1v) is 13.8. The minimum Gasteiger partial charge on any atom is -0.322 e. The van der Waals surface area contributed by atoms with Gasteiger partial charge in [0.15, 0.2) is 0 Å². The number of sulfonamides is 1. The van der Waals surface area contributed by atoms with Crippen LogP contribution in [-0.4, -0.2) is 49.9 Å². The van der Waals surface area contributed by atoms with Crippen LogP contribution in [0.25, 0.3) is 0 Å².